The van der Waals surface area contributed by atoms with Gasteiger partial charge in [-0.2, -0.15) is 0 Å². The van der Waals surface area contributed by atoms with E-state index >= 15 is 0 Å². The first-order valence-electron chi connectivity index (χ1n) is 7.25. The fourth-order valence-corrected chi connectivity index (χ4v) is 3.32. The van der Waals surface area contributed by atoms with Gasteiger partial charge in [-0.05, 0) is 32.9 Å². The van der Waals surface area contributed by atoms with E-state index in [4.69, 9.17) is 0 Å². The van der Waals surface area contributed by atoms with Crippen LogP contribution in [0.5, 0.6) is 0 Å². The highest BCUT2D eigenvalue weighted by Gasteiger charge is 2.36. The molecule has 0 aromatic carbocycles. The number of rotatable bonds is 6. The van der Waals surface area contributed by atoms with Gasteiger partial charge in [-0.25, -0.2) is 0 Å². The van der Waals surface area contributed by atoms with E-state index in [1.54, 1.807) is 0 Å². The molecule has 2 bridgehead atoms. The molecule has 2 saturated heterocycles. The van der Waals surface area contributed by atoms with E-state index in [0.717, 1.165) is 12.1 Å². The molecular formula is C14H28N2. The average molecular weight is 224 g/mol. The van der Waals surface area contributed by atoms with Crippen LogP contribution in [0.3, 0.4) is 0 Å². The van der Waals surface area contributed by atoms with Crippen LogP contribution in [-0.4, -0.2) is 48.6 Å². The lowest BCUT2D eigenvalue weighted by Gasteiger charge is -2.38. The molecule has 0 radical (unpaired) electrons. The fraction of sp³-hybridized carbons (Fsp3) is 1.00. The molecule has 16 heavy (non-hydrogen) atoms. The van der Waals surface area contributed by atoms with Gasteiger partial charge in [0, 0.05) is 25.2 Å². The molecule has 2 aliphatic heterocycles. The Kier molecular flexibility index (Phi) is 4.66. The Morgan fingerprint density at radius 1 is 0.938 bits per heavy atom. The van der Waals surface area contributed by atoms with Gasteiger partial charge in [0.25, 0.3) is 0 Å². The maximum Gasteiger partial charge on any atom is 0.0224 e. The molecule has 2 unspecified atom stereocenters. The van der Waals surface area contributed by atoms with Gasteiger partial charge >= 0.3 is 0 Å². The zero-order valence-electron chi connectivity index (χ0n) is 11.1. The molecule has 0 aromatic rings. The molecule has 0 amide bonds. The lowest BCUT2D eigenvalue weighted by molar-refractivity contribution is 0.0874. The number of unbranched alkanes of at least 4 members (excludes halogenated alkanes) is 4. The van der Waals surface area contributed by atoms with Crippen molar-refractivity contribution >= 4 is 0 Å². The summed E-state index contributed by atoms with van der Waals surface area (Å²) < 4.78 is 0. The first kappa shape index (κ1) is 12.4. The zero-order chi connectivity index (χ0) is 11.4. The van der Waals surface area contributed by atoms with Crippen LogP contribution >= 0.6 is 0 Å². The average Bonchev–Trinajstić information content (AvgIpc) is 2.54. The third kappa shape index (κ3) is 2.98. The van der Waals surface area contributed by atoms with Crippen molar-refractivity contribution < 1.29 is 0 Å². The van der Waals surface area contributed by atoms with Crippen LogP contribution in [0.1, 0.15) is 51.9 Å². The van der Waals surface area contributed by atoms with Crippen molar-refractivity contribution in [3.8, 4) is 0 Å². The Balaban J connectivity index is 1.61. The van der Waals surface area contributed by atoms with Gasteiger partial charge in [0.2, 0.25) is 0 Å². The Hall–Kier alpha value is -0.0800. The van der Waals surface area contributed by atoms with Crippen molar-refractivity contribution in [2.75, 3.05) is 26.7 Å². The summed E-state index contributed by atoms with van der Waals surface area (Å²) in [5.41, 5.74) is 0. The summed E-state index contributed by atoms with van der Waals surface area (Å²) in [6.45, 7) is 6.31. The largest absolute Gasteiger partial charge is 0.300 e. The van der Waals surface area contributed by atoms with E-state index in [9.17, 15) is 0 Å². The Labute approximate surface area is 101 Å². The Bertz CT molecular complexity index is 191. The first-order chi connectivity index (χ1) is 7.81. The van der Waals surface area contributed by atoms with Gasteiger partial charge in [0.05, 0.1) is 0 Å². The minimum absolute atomic E-state index is 0.870. The highest BCUT2D eigenvalue weighted by molar-refractivity contribution is 4.93. The molecule has 0 aliphatic carbocycles. The number of fused-ring (bicyclic) bond motifs is 2. The molecule has 0 saturated carbocycles. The lowest BCUT2D eigenvalue weighted by Crippen LogP contribution is -2.51. The standard InChI is InChI=1S/C14H28N2/c1-3-4-5-6-7-10-16-11-13-8-9-14(12-16)15(13)2/h13-14H,3-12H2,1-2H3. The summed E-state index contributed by atoms with van der Waals surface area (Å²) in [5.74, 6) is 0. The molecule has 2 atom stereocenters. The molecule has 2 aliphatic rings. The monoisotopic (exact) mass is 224 g/mol. The first-order valence-corrected chi connectivity index (χ1v) is 7.25. The molecule has 2 heterocycles. The Morgan fingerprint density at radius 2 is 1.56 bits per heavy atom. The third-order valence-electron chi connectivity index (χ3n) is 4.50. The highest BCUT2D eigenvalue weighted by Crippen LogP contribution is 2.28. The molecule has 2 heteroatoms. The number of hydrogen-bond acceptors (Lipinski definition) is 2. The van der Waals surface area contributed by atoms with E-state index in [1.165, 1.54) is 64.6 Å². The van der Waals surface area contributed by atoms with Gasteiger partial charge in [-0.3, -0.25) is 4.90 Å². The summed E-state index contributed by atoms with van der Waals surface area (Å²) in [7, 11) is 2.32. The second-order valence-corrected chi connectivity index (χ2v) is 5.72. The van der Waals surface area contributed by atoms with Crippen molar-refractivity contribution in [2.24, 2.45) is 0 Å². The van der Waals surface area contributed by atoms with Crippen LogP contribution in [-0.2, 0) is 0 Å². The summed E-state index contributed by atoms with van der Waals surface area (Å²) in [6.07, 6.45) is 9.96. The van der Waals surface area contributed by atoms with Crippen LogP contribution < -0.4 is 0 Å². The smallest absolute Gasteiger partial charge is 0.0224 e. The Morgan fingerprint density at radius 3 is 2.19 bits per heavy atom. The van der Waals surface area contributed by atoms with Crippen LogP contribution in [0.25, 0.3) is 0 Å². The van der Waals surface area contributed by atoms with E-state index < -0.39 is 0 Å². The van der Waals surface area contributed by atoms with Gasteiger partial charge in [0.15, 0.2) is 0 Å². The quantitative estimate of drug-likeness (QED) is 0.640. The van der Waals surface area contributed by atoms with Gasteiger partial charge < -0.3 is 4.90 Å². The van der Waals surface area contributed by atoms with Crippen LogP contribution in [0.15, 0.2) is 0 Å². The third-order valence-corrected chi connectivity index (χ3v) is 4.50. The maximum atomic E-state index is 2.72. The summed E-state index contributed by atoms with van der Waals surface area (Å²) >= 11 is 0. The molecule has 2 rings (SSSR count). The molecule has 94 valence electrons. The van der Waals surface area contributed by atoms with E-state index in [-0.39, 0.29) is 0 Å². The second-order valence-electron chi connectivity index (χ2n) is 5.72. The highest BCUT2D eigenvalue weighted by atomic mass is 15.3. The van der Waals surface area contributed by atoms with E-state index in [2.05, 4.69) is 23.8 Å². The van der Waals surface area contributed by atoms with Crippen molar-refractivity contribution in [3.63, 3.8) is 0 Å². The number of likely N-dealkylation sites (tertiary alicyclic amines) is 1. The number of nitrogens with zero attached hydrogens (tertiary/aromatic N) is 2. The minimum atomic E-state index is 0.870. The summed E-state index contributed by atoms with van der Waals surface area (Å²) in [5, 5.41) is 0. The van der Waals surface area contributed by atoms with Crippen LogP contribution in [0, 0.1) is 0 Å². The molecule has 0 aromatic heterocycles. The second kappa shape index (κ2) is 6.02. The molecule has 0 spiro atoms. The SMILES string of the molecule is CCCCCCCN1CC2CCC(C1)N2C. The van der Waals surface area contributed by atoms with Crippen LogP contribution in [0.2, 0.25) is 0 Å². The van der Waals surface area contributed by atoms with Crippen molar-refractivity contribution in [2.45, 2.75) is 64.0 Å². The minimum Gasteiger partial charge on any atom is -0.300 e. The molecule has 2 nitrogen and oxygen atoms in total. The van der Waals surface area contributed by atoms with Crippen molar-refractivity contribution in [1.82, 2.24) is 9.80 Å². The predicted molar refractivity (Wildman–Crippen MR) is 69.8 cm³/mol. The number of hydrogen-bond donors (Lipinski definition) is 0. The molecule has 0 N–H and O–H groups in total. The van der Waals surface area contributed by atoms with Crippen molar-refractivity contribution in [1.29, 1.82) is 0 Å². The maximum absolute atomic E-state index is 2.72. The lowest BCUT2D eigenvalue weighted by atomic mass is 10.1. The zero-order valence-corrected chi connectivity index (χ0v) is 11.1. The number of piperazine rings is 1. The molecule has 2 fully saturated rings. The number of likely N-dealkylation sites (N-methyl/N-ethyl adjacent to an activating group) is 1. The summed E-state index contributed by atoms with van der Waals surface area (Å²) in [4.78, 5) is 5.34. The topological polar surface area (TPSA) is 6.48 Å². The predicted octanol–water partition coefficient (Wildman–Crippen LogP) is 2.74. The van der Waals surface area contributed by atoms with Gasteiger partial charge in [-0.15, -0.1) is 0 Å². The fourth-order valence-electron chi connectivity index (χ4n) is 3.32. The van der Waals surface area contributed by atoms with Crippen LogP contribution in [0.4, 0.5) is 0 Å². The molecular weight excluding hydrogens is 196 g/mol. The van der Waals surface area contributed by atoms with E-state index in [0.29, 0.717) is 0 Å². The van der Waals surface area contributed by atoms with Gasteiger partial charge in [0.1, 0.15) is 0 Å². The normalized spacial score (nSPS) is 31.1. The van der Waals surface area contributed by atoms with Crippen molar-refractivity contribution in [3.05, 3.63) is 0 Å². The van der Waals surface area contributed by atoms with E-state index in [1.807, 2.05) is 0 Å². The summed E-state index contributed by atoms with van der Waals surface area (Å²) in [6, 6.07) is 1.74. The van der Waals surface area contributed by atoms with Gasteiger partial charge in [-0.1, -0.05) is 32.6 Å².